The smallest absolute Gasteiger partial charge is 0.310 e. The lowest BCUT2D eigenvalue weighted by Crippen LogP contribution is -2.45. The van der Waals surface area contributed by atoms with E-state index in [1.54, 1.807) is 0 Å². The first-order valence-corrected chi connectivity index (χ1v) is 6.29. The number of nitrogens with zero attached hydrogens (tertiary/aromatic N) is 2. The Morgan fingerprint density at radius 1 is 1.41 bits per heavy atom. The van der Waals surface area contributed by atoms with Gasteiger partial charge in [0.15, 0.2) is 0 Å². The Kier molecular flexibility index (Phi) is 4.36. The van der Waals surface area contributed by atoms with E-state index in [0.29, 0.717) is 0 Å². The second-order valence-corrected chi connectivity index (χ2v) is 5.02. The second-order valence-electron chi connectivity index (χ2n) is 5.02. The van der Waals surface area contributed by atoms with Gasteiger partial charge in [0.1, 0.15) is 0 Å². The first-order chi connectivity index (χ1) is 8.19. The van der Waals surface area contributed by atoms with Crippen LogP contribution in [0.4, 0.5) is 0 Å². The minimum Gasteiger partial charge on any atom is -0.469 e. The topological polar surface area (TPSA) is 42.0 Å². The summed E-state index contributed by atoms with van der Waals surface area (Å²) in [6.07, 6.45) is 1.19. The number of hydrogen-bond donors (Lipinski definition) is 0. The number of esters is 1. The summed E-state index contributed by atoms with van der Waals surface area (Å²) in [6.45, 7) is 5.54. The fraction of sp³-hybridized carbons (Fsp3) is 0.917. The molecule has 0 radical (unpaired) electrons. The third kappa shape index (κ3) is 3.40. The van der Waals surface area contributed by atoms with Gasteiger partial charge >= 0.3 is 5.97 Å². The molecule has 0 bridgehead atoms. The molecule has 0 spiro atoms. The molecule has 2 rings (SSSR count). The Bertz CT molecular complexity index is 272. The van der Waals surface area contributed by atoms with Crippen LogP contribution in [0, 0.1) is 5.92 Å². The average molecular weight is 242 g/mol. The molecule has 2 atom stereocenters. The fourth-order valence-corrected chi connectivity index (χ4v) is 2.62. The van der Waals surface area contributed by atoms with Crippen molar-refractivity contribution in [3.8, 4) is 0 Å². The summed E-state index contributed by atoms with van der Waals surface area (Å²) in [7, 11) is 3.58. The van der Waals surface area contributed by atoms with E-state index >= 15 is 0 Å². The van der Waals surface area contributed by atoms with Crippen molar-refractivity contribution in [3.05, 3.63) is 0 Å². The second kappa shape index (κ2) is 5.80. The molecule has 0 N–H and O–H groups in total. The number of likely N-dealkylation sites (N-methyl/N-ethyl adjacent to an activating group) is 1. The van der Waals surface area contributed by atoms with E-state index in [1.165, 1.54) is 7.11 Å². The van der Waals surface area contributed by atoms with Crippen LogP contribution in [0.5, 0.6) is 0 Å². The summed E-state index contributed by atoms with van der Waals surface area (Å²) in [5.74, 6) is -0.0181. The minimum atomic E-state index is -0.0748. The van der Waals surface area contributed by atoms with Gasteiger partial charge in [0.25, 0.3) is 0 Å². The highest BCUT2D eigenvalue weighted by atomic mass is 16.5. The Hall–Kier alpha value is -0.650. The Morgan fingerprint density at radius 2 is 2.24 bits per heavy atom. The van der Waals surface area contributed by atoms with Crippen LogP contribution in [0.25, 0.3) is 0 Å². The van der Waals surface area contributed by atoms with Crippen LogP contribution in [0.1, 0.15) is 6.42 Å². The van der Waals surface area contributed by atoms with Crippen molar-refractivity contribution in [2.45, 2.75) is 12.5 Å². The zero-order chi connectivity index (χ0) is 12.3. The Balaban J connectivity index is 1.75. The lowest BCUT2D eigenvalue weighted by Gasteiger charge is -2.32. The number of methoxy groups -OCH3 is 1. The molecule has 5 heteroatoms. The Morgan fingerprint density at radius 3 is 2.94 bits per heavy atom. The number of carbonyl (C=O) groups is 1. The maximum atomic E-state index is 11.4. The molecule has 0 aromatic heterocycles. The standard InChI is InChI=1S/C12H22N2O3/c1-13-5-6-17-11(8-13)9-14-4-3-10(7-14)12(15)16-2/h10-11H,3-9H2,1-2H3. The van der Waals surface area contributed by atoms with Gasteiger partial charge in [0.05, 0.1) is 25.7 Å². The Labute approximate surface area is 103 Å². The maximum Gasteiger partial charge on any atom is 0.310 e. The zero-order valence-corrected chi connectivity index (χ0v) is 10.7. The molecule has 2 heterocycles. The summed E-state index contributed by atoms with van der Waals surface area (Å²) in [4.78, 5) is 16.0. The summed E-state index contributed by atoms with van der Waals surface area (Å²) in [5.41, 5.74) is 0. The van der Waals surface area contributed by atoms with Crippen molar-refractivity contribution >= 4 is 5.97 Å². The van der Waals surface area contributed by atoms with Gasteiger partial charge in [-0.05, 0) is 20.0 Å². The van der Waals surface area contributed by atoms with E-state index in [-0.39, 0.29) is 18.0 Å². The van der Waals surface area contributed by atoms with Gasteiger partial charge in [0.2, 0.25) is 0 Å². The zero-order valence-electron chi connectivity index (χ0n) is 10.7. The molecule has 2 aliphatic heterocycles. The van der Waals surface area contributed by atoms with E-state index in [1.807, 2.05) is 0 Å². The van der Waals surface area contributed by atoms with Gasteiger partial charge in [0, 0.05) is 26.2 Å². The average Bonchev–Trinajstić information content (AvgIpc) is 2.76. The van der Waals surface area contributed by atoms with Crippen molar-refractivity contribution in [2.75, 3.05) is 53.5 Å². The predicted molar refractivity (Wildman–Crippen MR) is 63.8 cm³/mol. The third-order valence-electron chi connectivity index (χ3n) is 3.61. The van der Waals surface area contributed by atoms with Crippen molar-refractivity contribution in [1.82, 2.24) is 9.80 Å². The maximum absolute atomic E-state index is 11.4. The molecule has 0 aliphatic carbocycles. The molecule has 0 aromatic rings. The molecule has 98 valence electrons. The first kappa shape index (κ1) is 12.8. The summed E-state index contributed by atoms with van der Waals surface area (Å²) < 4.78 is 10.5. The van der Waals surface area contributed by atoms with Gasteiger partial charge in [-0.2, -0.15) is 0 Å². The van der Waals surface area contributed by atoms with Gasteiger partial charge in [-0.15, -0.1) is 0 Å². The highest BCUT2D eigenvalue weighted by Crippen LogP contribution is 2.18. The third-order valence-corrected chi connectivity index (χ3v) is 3.61. The van der Waals surface area contributed by atoms with Crippen LogP contribution in [0.2, 0.25) is 0 Å². The number of morpholine rings is 1. The number of ether oxygens (including phenoxy) is 2. The molecule has 17 heavy (non-hydrogen) atoms. The van der Waals surface area contributed by atoms with Crippen LogP contribution >= 0.6 is 0 Å². The predicted octanol–water partition coefficient (Wildman–Crippen LogP) is -0.188. The van der Waals surface area contributed by atoms with Crippen molar-refractivity contribution in [3.63, 3.8) is 0 Å². The molecule has 0 saturated carbocycles. The summed E-state index contributed by atoms with van der Waals surface area (Å²) in [6, 6.07) is 0. The number of hydrogen-bond acceptors (Lipinski definition) is 5. The molecule has 0 aromatic carbocycles. The lowest BCUT2D eigenvalue weighted by atomic mass is 10.1. The molecule has 2 saturated heterocycles. The highest BCUT2D eigenvalue weighted by Gasteiger charge is 2.31. The molecule has 2 aliphatic rings. The summed E-state index contributed by atoms with van der Waals surface area (Å²) in [5, 5.41) is 0. The van der Waals surface area contributed by atoms with Crippen LogP contribution in [-0.4, -0.2) is 75.4 Å². The van der Waals surface area contributed by atoms with Crippen LogP contribution in [0.15, 0.2) is 0 Å². The molecule has 0 amide bonds. The number of likely N-dealkylation sites (tertiary alicyclic amines) is 1. The summed E-state index contributed by atoms with van der Waals surface area (Å²) >= 11 is 0. The minimum absolute atomic E-state index is 0.0568. The molecule has 5 nitrogen and oxygen atoms in total. The van der Waals surface area contributed by atoms with E-state index in [4.69, 9.17) is 9.47 Å². The van der Waals surface area contributed by atoms with E-state index in [0.717, 1.165) is 45.8 Å². The number of rotatable bonds is 3. The highest BCUT2D eigenvalue weighted by molar-refractivity contribution is 5.72. The normalized spacial score (nSPS) is 31.6. The van der Waals surface area contributed by atoms with Crippen LogP contribution < -0.4 is 0 Å². The fourth-order valence-electron chi connectivity index (χ4n) is 2.62. The SMILES string of the molecule is COC(=O)C1CCN(CC2CN(C)CCO2)C1. The molecule has 2 unspecified atom stereocenters. The first-order valence-electron chi connectivity index (χ1n) is 6.29. The quantitative estimate of drug-likeness (QED) is 0.642. The van der Waals surface area contributed by atoms with Gasteiger partial charge < -0.3 is 14.4 Å². The van der Waals surface area contributed by atoms with E-state index in [9.17, 15) is 4.79 Å². The van der Waals surface area contributed by atoms with Crippen molar-refractivity contribution in [2.24, 2.45) is 5.92 Å². The van der Waals surface area contributed by atoms with Gasteiger partial charge in [-0.3, -0.25) is 9.69 Å². The molecule has 2 fully saturated rings. The largest absolute Gasteiger partial charge is 0.469 e. The van der Waals surface area contributed by atoms with E-state index < -0.39 is 0 Å². The van der Waals surface area contributed by atoms with E-state index in [2.05, 4.69) is 16.8 Å². The van der Waals surface area contributed by atoms with Crippen molar-refractivity contribution in [1.29, 1.82) is 0 Å². The molecular formula is C12H22N2O3. The van der Waals surface area contributed by atoms with Gasteiger partial charge in [-0.1, -0.05) is 0 Å². The number of carbonyl (C=O) groups excluding carboxylic acids is 1. The lowest BCUT2D eigenvalue weighted by molar-refractivity contribution is -0.145. The van der Waals surface area contributed by atoms with Crippen LogP contribution in [0.3, 0.4) is 0 Å². The van der Waals surface area contributed by atoms with Crippen LogP contribution in [-0.2, 0) is 14.3 Å². The van der Waals surface area contributed by atoms with Gasteiger partial charge in [-0.25, -0.2) is 0 Å². The molecular weight excluding hydrogens is 220 g/mol. The van der Waals surface area contributed by atoms with Crippen molar-refractivity contribution < 1.29 is 14.3 Å². The monoisotopic (exact) mass is 242 g/mol.